The van der Waals surface area contributed by atoms with E-state index in [0.29, 0.717) is 45.5 Å². The molecule has 0 bridgehead atoms. The first-order valence-corrected chi connectivity index (χ1v) is 13.0. The third kappa shape index (κ3) is 6.06. The van der Waals surface area contributed by atoms with E-state index in [1.165, 1.54) is 18.2 Å². The van der Waals surface area contributed by atoms with Gasteiger partial charge in [-0.25, -0.2) is 9.97 Å². The van der Waals surface area contributed by atoms with E-state index in [1.807, 2.05) is 0 Å². The fraction of sp³-hybridized carbons (Fsp3) is 0.360. The highest BCUT2D eigenvalue weighted by Crippen LogP contribution is 2.33. The summed E-state index contributed by atoms with van der Waals surface area (Å²) in [6.07, 6.45) is -3.08. The molecular weight excluding hydrogens is 537 g/mol. The predicted molar refractivity (Wildman–Crippen MR) is 139 cm³/mol. The van der Waals surface area contributed by atoms with Crippen molar-refractivity contribution in [3.63, 3.8) is 0 Å². The predicted octanol–water partition coefficient (Wildman–Crippen LogP) is 3.79. The van der Waals surface area contributed by atoms with Gasteiger partial charge in [-0.05, 0) is 49.1 Å². The molecule has 3 heterocycles. The van der Waals surface area contributed by atoms with Crippen LogP contribution in [0.1, 0.15) is 23.2 Å². The van der Waals surface area contributed by atoms with Crippen molar-refractivity contribution in [1.29, 1.82) is 0 Å². The van der Waals surface area contributed by atoms with Crippen LogP contribution in [0.3, 0.4) is 0 Å². The lowest BCUT2D eigenvalue weighted by atomic mass is 9.99. The first-order chi connectivity index (χ1) is 18.6. The number of benzene rings is 2. The second kappa shape index (κ2) is 10.7. The van der Waals surface area contributed by atoms with Crippen molar-refractivity contribution >= 4 is 55.5 Å². The molecule has 39 heavy (non-hydrogen) atoms. The minimum atomic E-state index is -4.78. The summed E-state index contributed by atoms with van der Waals surface area (Å²) in [5.41, 5.74) is 2.10. The Morgan fingerprint density at radius 2 is 2.00 bits per heavy atom. The van der Waals surface area contributed by atoms with Crippen molar-refractivity contribution in [3.8, 4) is 5.75 Å². The Labute approximate surface area is 224 Å². The van der Waals surface area contributed by atoms with Crippen molar-refractivity contribution in [2.45, 2.75) is 19.2 Å². The first kappa shape index (κ1) is 26.7. The van der Waals surface area contributed by atoms with Gasteiger partial charge in [-0.1, -0.05) is 11.3 Å². The molecule has 1 aliphatic heterocycles. The van der Waals surface area contributed by atoms with Gasteiger partial charge in [0.15, 0.2) is 5.13 Å². The van der Waals surface area contributed by atoms with Gasteiger partial charge < -0.3 is 29.9 Å². The maximum absolute atomic E-state index is 12.7. The zero-order valence-electron chi connectivity index (χ0n) is 20.8. The second-order valence-electron chi connectivity index (χ2n) is 9.23. The van der Waals surface area contributed by atoms with Crippen LogP contribution in [0.4, 0.5) is 24.3 Å². The number of anilines is 2. The summed E-state index contributed by atoms with van der Waals surface area (Å²) in [4.78, 5) is 35.8. The van der Waals surface area contributed by atoms with E-state index >= 15 is 0 Å². The van der Waals surface area contributed by atoms with E-state index < -0.39 is 12.3 Å². The van der Waals surface area contributed by atoms with Crippen molar-refractivity contribution in [1.82, 2.24) is 24.8 Å². The normalized spacial score (nSPS) is 16.0. The number of aliphatic hydroxyl groups is 1. The molecule has 1 fully saturated rings. The molecule has 0 saturated carbocycles. The maximum atomic E-state index is 12.7. The number of carbonyl (C=O) groups is 2. The number of halogens is 3. The molecule has 14 heteroatoms. The van der Waals surface area contributed by atoms with Crippen LogP contribution in [-0.4, -0.2) is 69.0 Å². The van der Waals surface area contributed by atoms with Crippen molar-refractivity contribution in [3.05, 3.63) is 42.0 Å². The van der Waals surface area contributed by atoms with Crippen molar-refractivity contribution < 1.29 is 32.6 Å². The largest absolute Gasteiger partial charge is 0.573 e. The van der Waals surface area contributed by atoms with E-state index in [9.17, 15) is 27.9 Å². The highest BCUT2D eigenvalue weighted by molar-refractivity contribution is 7.22. The summed E-state index contributed by atoms with van der Waals surface area (Å²) in [7, 11) is 1.77. The van der Waals surface area contributed by atoms with Gasteiger partial charge in [-0.15, -0.1) is 13.2 Å². The molecule has 2 aromatic heterocycles. The average molecular weight is 563 g/mol. The van der Waals surface area contributed by atoms with E-state index in [-0.39, 0.29) is 30.7 Å². The molecule has 0 radical (unpaired) electrons. The van der Waals surface area contributed by atoms with E-state index in [1.54, 1.807) is 34.7 Å². The van der Waals surface area contributed by atoms with Gasteiger partial charge in [0.2, 0.25) is 11.9 Å². The lowest BCUT2D eigenvalue weighted by molar-refractivity contribution is -0.274. The molecule has 1 unspecified atom stereocenters. The standard InChI is InChI=1S/C25H25F3N6O4S/c1-33-19-7-4-15(22(37)29-11-21(36)34-8-2-3-14(12-34)13-35)9-18(19)30-23(33)32-24-31-17-6-5-16(10-20(17)39-24)38-25(26,27)28/h4-7,9-10,14,35H,2-3,8,11-13H2,1H3,(H,29,37)(H,30,31,32). The minimum absolute atomic E-state index is 0.0356. The molecule has 0 aliphatic carbocycles. The van der Waals surface area contributed by atoms with E-state index in [4.69, 9.17) is 0 Å². The third-order valence-corrected chi connectivity index (χ3v) is 7.42. The zero-order valence-corrected chi connectivity index (χ0v) is 21.6. The number of thiazole rings is 1. The average Bonchev–Trinajstić information content (AvgIpc) is 3.45. The quantitative estimate of drug-likeness (QED) is 0.313. The lowest BCUT2D eigenvalue weighted by Crippen LogP contribution is -2.45. The monoisotopic (exact) mass is 562 g/mol. The van der Waals surface area contributed by atoms with Gasteiger partial charge in [0.05, 0.1) is 27.8 Å². The maximum Gasteiger partial charge on any atom is 0.573 e. The van der Waals surface area contributed by atoms with Gasteiger partial charge in [0.25, 0.3) is 5.91 Å². The molecule has 5 rings (SSSR count). The number of aryl methyl sites for hydroxylation is 1. The Balaban J connectivity index is 1.27. The Kier molecular flexibility index (Phi) is 7.32. The van der Waals surface area contributed by atoms with Crippen LogP contribution in [0, 0.1) is 5.92 Å². The fourth-order valence-corrected chi connectivity index (χ4v) is 5.40. The number of nitrogens with one attached hydrogen (secondary N) is 2. The number of hydrogen-bond donors (Lipinski definition) is 3. The number of aliphatic hydroxyl groups excluding tert-OH is 1. The topological polar surface area (TPSA) is 122 Å². The third-order valence-electron chi connectivity index (χ3n) is 6.49. The van der Waals surface area contributed by atoms with Crippen LogP contribution in [0.15, 0.2) is 36.4 Å². The van der Waals surface area contributed by atoms with Crippen LogP contribution < -0.4 is 15.4 Å². The number of carbonyl (C=O) groups excluding carboxylic acids is 2. The number of fused-ring (bicyclic) bond motifs is 2. The Morgan fingerprint density at radius 1 is 1.18 bits per heavy atom. The number of alkyl halides is 3. The fourth-order valence-electron chi connectivity index (χ4n) is 4.51. The highest BCUT2D eigenvalue weighted by Gasteiger charge is 2.31. The number of amides is 2. The summed E-state index contributed by atoms with van der Waals surface area (Å²) in [5, 5.41) is 15.5. The number of aromatic nitrogens is 3. The number of likely N-dealkylation sites (tertiary alicyclic amines) is 1. The van der Waals surface area contributed by atoms with E-state index in [2.05, 4.69) is 25.3 Å². The lowest BCUT2D eigenvalue weighted by Gasteiger charge is -2.31. The molecule has 2 amide bonds. The first-order valence-electron chi connectivity index (χ1n) is 12.2. The summed E-state index contributed by atoms with van der Waals surface area (Å²) >= 11 is 1.14. The van der Waals surface area contributed by atoms with Crippen LogP contribution in [0.25, 0.3) is 21.3 Å². The number of nitrogens with zero attached hydrogens (tertiary/aromatic N) is 4. The minimum Gasteiger partial charge on any atom is -0.406 e. The molecular formula is C25H25F3N6O4S. The van der Waals surface area contributed by atoms with Crippen molar-refractivity contribution in [2.75, 3.05) is 31.6 Å². The smallest absolute Gasteiger partial charge is 0.406 e. The Hall–Kier alpha value is -3.91. The molecule has 1 aliphatic rings. The molecule has 3 N–H and O–H groups in total. The Bertz CT molecular complexity index is 1540. The Morgan fingerprint density at radius 3 is 2.77 bits per heavy atom. The van der Waals surface area contributed by atoms with Crippen LogP contribution in [-0.2, 0) is 11.8 Å². The zero-order chi connectivity index (χ0) is 27.7. The number of piperidine rings is 1. The molecule has 4 aromatic rings. The molecule has 1 atom stereocenters. The number of imidazole rings is 1. The van der Waals surface area contributed by atoms with Gasteiger partial charge >= 0.3 is 6.36 Å². The van der Waals surface area contributed by atoms with E-state index in [0.717, 1.165) is 29.7 Å². The van der Waals surface area contributed by atoms with Crippen LogP contribution in [0.2, 0.25) is 0 Å². The molecule has 2 aromatic carbocycles. The second-order valence-corrected chi connectivity index (χ2v) is 10.3. The number of rotatable bonds is 7. The van der Waals surface area contributed by atoms with Crippen LogP contribution >= 0.6 is 11.3 Å². The van der Waals surface area contributed by atoms with Gasteiger partial charge in [0, 0.05) is 38.4 Å². The molecule has 206 valence electrons. The van der Waals surface area contributed by atoms with Crippen LogP contribution in [0.5, 0.6) is 5.75 Å². The molecule has 1 saturated heterocycles. The van der Waals surface area contributed by atoms with Crippen molar-refractivity contribution in [2.24, 2.45) is 13.0 Å². The summed E-state index contributed by atoms with van der Waals surface area (Å²) in [5.74, 6) is -0.446. The van der Waals surface area contributed by atoms with Gasteiger partial charge in [-0.2, -0.15) is 0 Å². The summed E-state index contributed by atoms with van der Waals surface area (Å²) < 4.78 is 43.8. The molecule has 0 spiro atoms. The SMILES string of the molecule is Cn1c(Nc2nc3ccc(OC(F)(F)F)cc3s2)nc2cc(C(=O)NCC(=O)N3CCCC(CO)C3)ccc21. The summed E-state index contributed by atoms with van der Waals surface area (Å²) in [6.45, 7) is 0.987. The number of ether oxygens (including phenoxy) is 1. The summed E-state index contributed by atoms with van der Waals surface area (Å²) in [6, 6.07) is 8.90. The van der Waals surface area contributed by atoms with Gasteiger partial charge in [0.1, 0.15) is 5.75 Å². The highest BCUT2D eigenvalue weighted by atomic mass is 32.1. The van der Waals surface area contributed by atoms with Gasteiger partial charge in [-0.3, -0.25) is 9.59 Å². The molecule has 10 nitrogen and oxygen atoms in total. The number of hydrogen-bond acceptors (Lipinski definition) is 8.